The molecule has 3 nitrogen and oxygen atoms in total. The Morgan fingerprint density at radius 3 is 2.80 bits per heavy atom. The molecule has 0 aromatic carbocycles. The van der Waals surface area contributed by atoms with Gasteiger partial charge in [-0.1, -0.05) is 6.92 Å². The molecule has 1 heterocycles. The predicted octanol–water partition coefficient (Wildman–Crippen LogP) is 1.94. The lowest BCUT2D eigenvalue weighted by atomic mass is 9.98. The standard InChI is InChI=1S/C11H15BrN2O/c1-2-8(6-13)11(15)5-10-4-3-9(12)7-14-10/h3-4,7-8H,2,5-6,13H2,1H3. The summed E-state index contributed by atoms with van der Waals surface area (Å²) >= 11 is 3.30. The third-order valence-corrected chi connectivity index (χ3v) is 2.85. The van der Waals surface area contributed by atoms with Crippen molar-refractivity contribution in [1.29, 1.82) is 0 Å². The first-order chi connectivity index (χ1) is 7.17. The van der Waals surface area contributed by atoms with E-state index in [1.807, 2.05) is 19.1 Å². The maximum absolute atomic E-state index is 11.7. The monoisotopic (exact) mass is 270 g/mol. The van der Waals surface area contributed by atoms with E-state index in [0.717, 1.165) is 16.6 Å². The van der Waals surface area contributed by atoms with Gasteiger partial charge >= 0.3 is 0 Å². The number of rotatable bonds is 5. The fourth-order valence-corrected chi connectivity index (χ4v) is 1.59. The summed E-state index contributed by atoms with van der Waals surface area (Å²) in [5, 5.41) is 0. The highest BCUT2D eigenvalue weighted by atomic mass is 79.9. The molecule has 1 aromatic heterocycles. The number of aromatic nitrogens is 1. The number of pyridine rings is 1. The highest BCUT2D eigenvalue weighted by Gasteiger charge is 2.15. The minimum Gasteiger partial charge on any atom is -0.330 e. The molecule has 0 radical (unpaired) electrons. The average Bonchev–Trinajstić information content (AvgIpc) is 2.23. The van der Waals surface area contributed by atoms with Crippen molar-refractivity contribution in [3.05, 3.63) is 28.5 Å². The van der Waals surface area contributed by atoms with Crippen LogP contribution in [0.5, 0.6) is 0 Å². The first kappa shape index (κ1) is 12.3. The summed E-state index contributed by atoms with van der Waals surface area (Å²) in [6.45, 7) is 2.40. The van der Waals surface area contributed by atoms with E-state index in [-0.39, 0.29) is 11.7 Å². The van der Waals surface area contributed by atoms with Gasteiger partial charge in [0.2, 0.25) is 0 Å². The summed E-state index contributed by atoms with van der Waals surface area (Å²) in [7, 11) is 0. The molecular formula is C11H15BrN2O. The Morgan fingerprint density at radius 2 is 2.33 bits per heavy atom. The van der Waals surface area contributed by atoms with Crippen LogP contribution in [0.25, 0.3) is 0 Å². The van der Waals surface area contributed by atoms with Gasteiger partial charge in [0.25, 0.3) is 0 Å². The van der Waals surface area contributed by atoms with Crippen molar-refractivity contribution in [1.82, 2.24) is 4.98 Å². The second-order valence-corrected chi connectivity index (χ2v) is 4.37. The molecule has 4 heteroatoms. The van der Waals surface area contributed by atoms with Gasteiger partial charge in [0.05, 0.1) is 0 Å². The van der Waals surface area contributed by atoms with Gasteiger partial charge in [0.15, 0.2) is 0 Å². The van der Waals surface area contributed by atoms with Gasteiger partial charge < -0.3 is 5.73 Å². The molecule has 0 bridgehead atoms. The second-order valence-electron chi connectivity index (χ2n) is 3.45. The summed E-state index contributed by atoms with van der Waals surface area (Å²) in [6, 6.07) is 3.74. The SMILES string of the molecule is CCC(CN)C(=O)Cc1ccc(Br)cn1. The van der Waals surface area contributed by atoms with Crippen LogP contribution in [0.2, 0.25) is 0 Å². The largest absolute Gasteiger partial charge is 0.330 e. The van der Waals surface area contributed by atoms with Crippen LogP contribution < -0.4 is 5.73 Å². The van der Waals surface area contributed by atoms with E-state index < -0.39 is 0 Å². The summed E-state index contributed by atoms with van der Waals surface area (Å²) in [5.74, 6) is 0.144. The van der Waals surface area contributed by atoms with E-state index in [1.165, 1.54) is 0 Å². The first-order valence-electron chi connectivity index (χ1n) is 5.00. The van der Waals surface area contributed by atoms with E-state index in [4.69, 9.17) is 5.73 Å². The van der Waals surface area contributed by atoms with Crippen LogP contribution >= 0.6 is 15.9 Å². The van der Waals surface area contributed by atoms with Gasteiger partial charge in [-0.25, -0.2) is 0 Å². The van der Waals surface area contributed by atoms with Gasteiger partial charge in [-0.3, -0.25) is 9.78 Å². The normalized spacial score (nSPS) is 12.5. The molecule has 2 N–H and O–H groups in total. The number of ketones is 1. The molecule has 0 spiro atoms. The Hall–Kier alpha value is -0.740. The van der Waals surface area contributed by atoms with Crippen molar-refractivity contribution in [2.75, 3.05) is 6.54 Å². The summed E-state index contributed by atoms with van der Waals surface area (Å²) in [4.78, 5) is 15.9. The van der Waals surface area contributed by atoms with E-state index >= 15 is 0 Å². The van der Waals surface area contributed by atoms with Crippen LogP contribution in [0.4, 0.5) is 0 Å². The molecule has 0 aliphatic rings. The van der Waals surface area contributed by atoms with Crippen molar-refractivity contribution in [2.24, 2.45) is 11.7 Å². The number of carbonyl (C=O) groups excluding carboxylic acids is 1. The van der Waals surface area contributed by atoms with Crippen LogP contribution in [0, 0.1) is 5.92 Å². The summed E-state index contributed by atoms with van der Waals surface area (Å²) in [6.07, 6.45) is 2.88. The van der Waals surface area contributed by atoms with Crippen LogP contribution in [-0.4, -0.2) is 17.3 Å². The molecule has 0 fully saturated rings. The molecule has 15 heavy (non-hydrogen) atoms. The number of halogens is 1. The lowest BCUT2D eigenvalue weighted by molar-refractivity contribution is -0.122. The Bertz CT molecular complexity index is 320. The lowest BCUT2D eigenvalue weighted by Crippen LogP contribution is -2.24. The Balaban J connectivity index is 2.61. The minimum absolute atomic E-state index is 0.0320. The van der Waals surface area contributed by atoms with Crippen LogP contribution in [0.1, 0.15) is 19.0 Å². The quantitative estimate of drug-likeness (QED) is 0.890. The van der Waals surface area contributed by atoms with E-state index in [0.29, 0.717) is 13.0 Å². The Labute approximate surface area is 98.2 Å². The van der Waals surface area contributed by atoms with Gasteiger partial charge in [-0.2, -0.15) is 0 Å². The highest BCUT2D eigenvalue weighted by molar-refractivity contribution is 9.10. The number of hydrogen-bond donors (Lipinski definition) is 1. The third kappa shape index (κ3) is 3.72. The molecule has 0 saturated heterocycles. The van der Waals surface area contributed by atoms with Crippen molar-refractivity contribution >= 4 is 21.7 Å². The Kier molecular flexibility index (Phi) is 4.91. The van der Waals surface area contributed by atoms with E-state index in [2.05, 4.69) is 20.9 Å². The van der Waals surface area contributed by atoms with Crippen LogP contribution in [0.3, 0.4) is 0 Å². The zero-order valence-corrected chi connectivity index (χ0v) is 10.3. The maximum Gasteiger partial charge on any atom is 0.143 e. The summed E-state index contributed by atoms with van der Waals surface area (Å²) < 4.78 is 0.921. The zero-order valence-electron chi connectivity index (χ0n) is 8.74. The van der Waals surface area contributed by atoms with Crippen molar-refractivity contribution in [3.63, 3.8) is 0 Å². The zero-order chi connectivity index (χ0) is 11.3. The first-order valence-corrected chi connectivity index (χ1v) is 5.79. The summed E-state index contributed by atoms with van der Waals surface area (Å²) in [5.41, 5.74) is 6.31. The molecule has 0 saturated carbocycles. The van der Waals surface area contributed by atoms with Gasteiger partial charge in [0, 0.05) is 35.2 Å². The van der Waals surface area contributed by atoms with E-state index in [9.17, 15) is 4.79 Å². The molecule has 1 atom stereocenters. The molecule has 1 rings (SSSR count). The number of nitrogens with two attached hydrogens (primary N) is 1. The molecule has 1 aromatic rings. The molecule has 1 unspecified atom stereocenters. The van der Waals surface area contributed by atoms with Gasteiger partial charge in [0.1, 0.15) is 5.78 Å². The third-order valence-electron chi connectivity index (χ3n) is 2.38. The molecule has 0 aliphatic carbocycles. The molecule has 0 aliphatic heterocycles. The topological polar surface area (TPSA) is 56.0 Å². The van der Waals surface area contributed by atoms with Crippen molar-refractivity contribution in [3.8, 4) is 0 Å². The maximum atomic E-state index is 11.7. The molecule has 0 amide bonds. The number of hydrogen-bond acceptors (Lipinski definition) is 3. The Morgan fingerprint density at radius 1 is 1.60 bits per heavy atom. The number of carbonyl (C=O) groups is 1. The number of Topliss-reactive ketones (excluding diaryl/α,β-unsaturated/α-hetero) is 1. The minimum atomic E-state index is -0.0320. The van der Waals surface area contributed by atoms with Crippen molar-refractivity contribution < 1.29 is 4.79 Å². The van der Waals surface area contributed by atoms with Crippen molar-refractivity contribution in [2.45, 2.75) is 19.8 Å². The fourth-order valence-electron chi connectivity index (χ4n) is 1.36. The van der Waals surface area contributed by atoms with Crippen LogP contribution in [0.15, 0.2) is 22.8 Å². The lowest BCUT2D eigenvalue weighted by Gasteiger charge is -2.10. The fraction of sp³-hybridized carbons (Fsp3) is 0.455. The second kappa shape index (κ2) is 5.98. The smallest absolute Gasteiger partial charge is 0.143 e. The van der Waals surface area contributed by atoms with Crippen LogP contribution in [-0.2, 0) is 11.2 Å². The average molecular weight is 271 g/mol. The predicted molar refractivity (Wildman–Crippen MR) is 63.5 cm³/mol. The molecular weight excluding hydrogens is 256 g/mol. The molecule has 82 valence electrons. The van der Waals surface area contributed by atoms with Gasteiger partial charge in [-0.15, -0.1) is 0 Å². The van der Waals surface area contributed by atoms with Gasteiger partial charge in [-0.05, 0) is 34.5 Å². The highest BCUT2D eigenvalue weighted by Crippen LogP contribution is 2.10. The van der Waals surface area contributed by atoms with E-state index in [1.54, 1.807) is 6.20 Å². The number of nitrogens with zero attached hydrogens (tertiary/aromatic N) is 1.